The first kappa shape index (κ1) is 16.1. The van der Waals surface area contributed by atoms with Crippen LogP contribution in [-0.2, 0) is 5.41 Å². The molecule has 0 amide bonds. The number of benzene rings is 2. The van der Waals surface area contributed by atoms with E-state index in [1.54, 1.807) is 11.8 Å². The van der Waals surface area contributed by atoms with Crippen molar-refractivity contribution in [3.8, 4) is 0 Å². The van der Waals surface area contributed by atoms with Gasteiger partial charge in [-0.25, -0.2) is 0 Å². The highest BCUT2D eigenvalue weighted by Gasteiger charge is 2.14. The third kappa shape index (κ3) is 3.89. The summed E-state index contributed by atoms with van der Waals surface area (Å²) in [4.78, 5) is 2.13. The Morgan fingerprint density at radius 3 is 2.24 bits per heavy atom. The molecule has 0 aliphatic carbocycles. The summed E-state index contributed by atoms with van der Waals surface area (Å²) in [6.45, 7) is 6.62. The fourth-order valence-corrected chi connectivity index (χ4v) is 3.71. The monoisotopic (exact) mass is 362 g/mol. The highest BCUT2D eigenvalue weighted by molar-refractivity contribution is 9.10. The lowest BCUT2D eigenvalue weighted by atomic mass is 9.87. The average molecular weight is 363 g/mol. The number of hydrogen-bond acceptors (Lipinski definition) is 2. The molecule has 3 N–H and O–H groups in total. The summed E-state index contributed by atoms with van der Waals surface area (Å²) < 4.78 is 0.853. The Bertz CT molecular complexity index is 657. The summed E-state index contributed by atoms with van der Waals surface area (Å²) in [7, 11) is 0. The Balaban J connectivity index is 2.31. The fourth-order valence-electron chi connectivity index (χ4n) is 2.00. The van der Waals surface area contributed by atoms with E-state index in [2.05, 4.69) is 61.0 Å². The van der Waals surface area contributed by atoms with Gasteiger partial charge in [0.2, 0.25) is 0 Å². The molecule has 2 aromatic rings. The number of halogens is 1. The number of hydrogen-bond donors (Lipinski definition) is 2. The molecule has 0 unspecified atom stereocenters. The van der Waals surface area contributed by atoms with Gasteiger partial charge in [-0.3, -0.25) is 5.41 Å². The Morgan fingerprint density at radius 2 is 1.71 bits per heavy atom. The molecule has 0 aliphatic heterocycles. The van der Waals surface area contributed by atoms with Crippen LogP contribution >= 0.6 is 27.7 Å². The summed E-state index contributed by atoms with van der Waals surface area (Å²) in [5.74, 6) is 0.0799. The molecule has 0 aliphatic rings. The van der Waals surface area contributed by atoms with Crippen molar-refractivity contribution in [3.63, 3.8) is 0 Å². The van der Waals surface area contributed by atoms with E-state index in [4.69, 9.17) is 11.1 Å². The van der Waals surface area contributed by atoms with Gasteiger partial charge < -0.3 is 5.73 Å². The van der Waals surface area contributed by atoms with Gasteiger partial charge in [0.15, 0.2) is 0 Å². The van der Waals surface area contributed by atoms with Crippen molar-refractivity contribution in [1.29, 1.82) is 5.41 Å². The summed E-state index contributed by atoms with van der Waals surface area (Å²) in [6, 6.07) is 14.4. The van der Waals surface area contributed by atoms with Crippen LogP contribution in [0.2, 0.25) is 0 Å². The zero-order valence-electron chi connectivity index (χ0n) is 12.4. The minimum atomic E-state index is 0.0799. The Morgan fingerprint density at radius 1 is 1.10 bits per heavy atom. The molecule has 0 bridgehead atoms. The van der Waals surface area contributed by atoms with E-state index in [1.165, 1.54) is 5.56 Å². The minimum Gasteiger partial charge on any atom is -0.384 e. The molecule has 0 heterocycles. The van der Waals surface area contributed by atoms with Crippen LogP contribution in [0.5, 0.6) is 0 Å². The highest BCUT2D eigenvalue weighted by Crippen LogP contribution is 2.34. The zero-order valence-corrected chi connectivity index (χ0v) is 14.8. The van der Waals surface area contributed by atoms with Crippen molar-refractivity contribution in [2.24, 2.45) is 5.73 Å². The van der Waals surface area contributed by atoms with E-state index in [1.807, 2.05) is 18.2 Å². The van der Waals surface area contributed by atoms with Crippen molar-refractivity contribution in [1.82, 2.24) is 0 Å². The number of amidine groups is 1. The molecule has 2 nitrogen and oxygen atoms in total. The summed E-state index contributed by atoms with van der Waals surface area (Å²) in [5.41, 5.74) is 7.91. The SMILES string of the molecule is CC(C)(C)c1ccc(Sc2cccc(Br)c2C(=N)N)cc1. The minimum absolute atomic E-state index is 0.0799. The lowest BCUT2D eigenvalue weighted by Crippen LogP contribution is -2.13. The number of nitrogens with two attached hydrogens (primary N) is 1. The van der Waals surface area contributed by atoms with Crippen LogP contribution in [0.25, 0.3) is 0 Å². The van der Waals surface area contributed by atoms with Gasteiger partial charge in [0.1, 0.15) is 5.84 Å². The fraction of sp³-hybridized carbons (Fsp3) is 0.235. The van der Waals surface area contributed by atoms with Gasteiger partial charge >= 0.3 is 0 Å². The van der Waals surface area contributed by atoms with Crippen LogP contribution in [0.15, 0.2) is 56.7 Å². The third-order valence-electron chi connectivity index (χ3n) is 3.19. The molecule has 2 aromatic carbocycles. The van der Waals surface area contributed by atoms with Crippen LogP contribution in [0, 0.1) is 5.41 Å². The van der Waals surface area contributed by atoms with Crippen molar-refractivity contribution >= 4 is 33.5 Å². The number of nitrogen functional groups attached to an aromatic ring is 1. The first-order valence-electron chi connectivity index (χ1n) is 6.70. The molecule has 0 spiro atoms. The van der Waals surface area contributed by atoms with Gasteiger partial charge in [-0.05, 0) is 51.2 Å². The molecular formula is C17H19BrN2S. The van der Waals surface area contributed by atoms with E-state index in [9.17, 15) is 0 Å². The van der Waals surface area contributed by atoms with E-state index in [0.29, 0.717) is 0 Å². The van der Waals surface area contributed by atoms with Crippen molar-refractivity contribution in [2.75, 3.05) is 0 Å². The van der Waals surface area contributed by atoms with Gasteiger partial charge in [-0.1, -0.05) is 50.7 Å². The molecule has 0 atom stereocenters. The first-order chi connectivity index (χ1) is 9.79. The normalized spacial score (nSPS) is 11.4. The maximum Gasteiger partial charge on any atom is 0.125 e. The molecular weight excluding hydrogens is 344 g/mol. The maximum atomic E-state index is 7.73. The largest absolute Gasteiger partial charge is 0.384 e. The second-order valence-electron chi connectivity index (χ2n) is 5.90. The molecule has 110 valence electrons. The van der Waals surface area contributed by atoms with Gasteiger partial charge in [-0.2, -0.15) is 0 Å². The Hall–Kier alpha value is -1.26. The van der Waals surface area contributed by atoms with Crippen molar-refractivity contribution < 1.29 is 0 Å². The maximum absolute atomic E-state index is 7.73. The Kier molecular flexibility index (Phi) is 4.79. The number of nitrogens with one attached hydrogen (secondary N) is 1. The van der Waals surface area contributed by atoms with Crippen molar-refractivity contribution in [2.45, 2.75) is 36.0 Å². The number of rotatable bonds is 3. The predicted octanol–water partition coefficient (Wildman–Crippen LogP) is 5.18. The standard InChI is InChI=1S/C17H19BrN2S/c1-17(2,3)11-7-9-12(10-8-11)21-14-6-4-5-13(18)15(14)16(19)20/h4-10H,1-3H3,(H3,19,20). The highest BCUT2D eigenvalue weighted by atomic mass is 79.9. The third-order valence-corrected chi connectivity index (χ3v) is 4.92. The van der Waals surface area contributed by atoms with Gasteiger partial charge in [0.05, 0.1) is 0 Å². The van der Waals surface area contributed by atoms with E-state index in [0.717, 1.165) is 19.8 Å². The lowest BCUT2D eigenvalue weighted by molar-refractivity contribution is 0.590. The van der Waals surface area contributed by atoms with Crippen LogP contribution in [0.4, 0.5) is 0 Å². The van der Waals surface area contributed by atoms with Crippen LogP contribution in [0.3, 0.4) is 0 Å². The molecule has 0 aromatic heterocycles. The molecule has 21 heavy (non-hydrogen) atoms. The topological polar surface area (TPSA) is 49.9 Å². The van der Waals surface area contributed by atoms with Crippen molar-refractivity contribution in [3.05, 3.63) is 58.1 Å². The van der Waals surface area contributed by atoms with E-state index in [-0.39, 0.29) is 11.3 Å². The Labute approximate surface area is 138 Å². The molecule has 4 heteroatoms. The summed E-state index contributed by atoms with van der Waals surface area (Å²) >= 11 is 5.09. The molecule has 0 saturated heterocycles. The van der Waals surface area contributed by atoms with Crippen LogP contribution in [0.1, 0.15) is 31.9 Å². The summed E-state index contributed by atoms with van der Waals surface area (Å²) in [6.07, 6.45) is 0. The summed E-state index contributed by atoms with van der Waals surface area (Å²) in [5, 5.41) is 7.73. The second-order valence-corrected chi connectivity index (χ2v) is 7.87. The van der Waals surface area contributed by atoms with Gasteiger partial charge in [0.25, 0.3) is 0 Å². The van der Waals surface area contributed by atoms with E-state index >= 15 is 0 Å². The van der Waals surface area contributed by atoms with Crippen LogP contribution < -0.4 is 5.73 Å². The van der Waals surface area contributed by atoms with Gasteiger partial charge in [0, 0.05) is 19.8 Å². The second kappa shape index (κ2) is 6.24. The average Bonchev–Trinajstić information content (AvgIpc) is 2.38. The zero-order chi connectivity index (χ0) is 15.6. The molecule has 0 fully saturated rings. The lowest BCUT2D eigenvalue weighted by Gasteiger charge is -2.19. The smallest absolute Gasteiger partial charge is 0.125 e. The molecule has 0 radical (unpaired) electrons. The van der Waals surface area contributed by atoms with E-state index < -0.39 is 0 Å². The first-order valence-corrected chi connectivity index (χ1v) is 8.31. The quantitative estimate of drug-likeness (QED) is 0.583. The van der Waals surface area contributed by atoms with Gasteiger partial charge in [-0.15, -0.1) is 0 Å². The predicted molar refractivity (Wildman–Crippen MR) is 94.4 cm³/mol. The van der Waals surface area contributed by atoms with Crippen LogP contribution in [-0.4, -0.2) is 5.84 Å². The molecule has 2 rings (SSSR count). The molecule has 0 saturated carbocycles.